The third-order valence-electron chi connectivity index (χ3n) is 3.40. The van der Waals surface area contributed by atoms with Gasteiger partial charge in [-0.25, -0.2) is 0 Å². The Labute approximate surface area is 141 Å². The number of aliphatic hydroxyl groups excluding tert-OH is 1. The highest BCUT2D eigenvalue weighted by Crippen LogP contribution is 2.30. The van der Waals surface area contributed by atoms with Crippen LogP contribution in [-0.2, 0) is 0 Å². The van der Waals surface area contributed by atoms with Crippen LogP contribution in [0.4, 0.5) is 0 Å². The summed E-state index contributed by atoms with van der Waals surface area (Å²) in [5.74, 6) is 0. The molecule has 0 radical (unpaired) electrons. The SMILES string of the molecule is OC(c1ccc(Cl)c(Cl)c1)c1ccc2cc(Br)ccc2c1. The molecule has 0 saturated heterocycles. The molecule has 3 aromatic carbocycles. The molecule has 0 spiro atoms. The summed E-state index contributed by atoms with van der Waals surface area (Å²) in [4.78, 5) is 0. The van der Waals surface area contributed by atoms with Crippen molar-refractivity contribution in [1.82, 2.24) is 0 Å². The van der Waals surface area contributed by atoms with Crippen LogP contribution in [0.25, 0.3) is 10.8 Å². The quantitative estimate of drug-likeness (QED) is 0.577. The molecule has 4 heteroatoms. The van der Waals surface area contributed by atoms with Gasteiger partial charge in [0, 0.05) is 4.47 Å². The van der Waals surface area contributed by atoms with Crippen LogP contribution in [0, 0.1) is 0 Å². The Bertz CT molecular complexity index is 817. The van der Waals surface area contributed by atoms with Crippen LogP contribution in [0.3, 0.4) is 0 Å². The number of hydrogen-bond acceptors (Lipinski definition) is 1. The monoisotopic (exact) mass is 380 g/mol. The van der Waals surface area contributed by atoms with Gasteiger partial charge >= 0.3 is 0 Å². The molecule has 0 aliphatic heterocycles. The summed E-state index contributed by atoms with van der Waals surface area (Å²) in [6.07, 6.45) is -0.729. The van der Waals surface area contributed by atoms with Crippen molar-refractivity contribution in [2.24, 2.45) is 0 Å². The minimum absolute atomic E-state index is 0.443. The molecule has 1 unspecified atom stereocenters. The molecular formula is C17H11BrCl2O. The predicted octanol–water partition coefficient (Wildman–Crippen LogP) is 5.99. The van der Waals surface area contributed by atoms with Gasteiger partial charge in [0.05, 0.1) is 10.0 Å². The summed E-state index contributed by atoms with van der Waals surface area (Å²) < 4.78 is 1.03. The van der Waals surface area contributed by atoms with Gasteiger partial charge in [-0.3, -0.25) is 0 Å². The second-order valence-electron chi connectivity index (χ2n) is 4.83. The lowest BCUT2D eigenvalue weighted by Crippen LogP contribution is -1.99. The number of halogens is 3. The minimum atomic E-state index is -0.729. The fourth-order valence-corrected chi connectivity index (χ4v) is 2.97. The summed E-state index contributed by atoms with van der Waals surface area (Å²) in [5.41, 5.74) is 1.55. The highest BCUT2D eigenvalue weighted by molar-refractivity contribution is 9.10. The molecule has 0 amide bonds. The molecule has 1 atom stereocenters. The summed E-state index contributed by atoms with van der Waals surface area (Å²) >= 11 is 15.4. The third-order valence-corrected chi connectivity index (χ3v) is 4.63. The lowest BCUT2D eigenvalue weighted by atomic mass is 9.98. The van der Waals surface area contributed by atoms with Crippen molar-refractivity contribution in [3.05, 3.63) is 80.2 Å². The van der Waals surface area contributed by atoms with E-state index in [2.05, 4.69) is 15.9 Å². The van der Waals surface area contributed by atoms with E-state index >= 15 is 0 Å². The van der Waals surface area contributed by atoms with Crippen molar-refractivity contribution in [3.8, 4) is 0 Å². The van der Waals surface area contributed by atoms with E-state index in [1.165, 1.54) is 0 Å². The number of rotatable bonds is 2. The van der Waals surface area contributed by atoms with E-state index in [0.717, 1.165) is 26.4 Å². The Morgan fingerprint density at radius 1 is 0.762 bits per heavy atom. The molecule has 0 saturated carbocycles. The molecule has 21 heavy (non-hydrogen) atoms. The molecule has 1 N–H and O–H groups in total. The van der Waals surface area contributed by atoms with Crippen LogP contribution < -0.4 is 0 Å². The molecule has 0 aromatic heterocycles. The van der Waals surface area contributed by atoms with E-state index < -0.39 is 6.10 Å². The van der Waals surface area contributed by atoms with Crippen LogP contribution >= 0.6 is 39.1 Å². The van der Waals surface area contributed by atoms with Crippen molar-refractivity contribution in [2.75, 3.05) is 0 Å². The number of benzene rings is 3. The molecule has 0 heterocycles. The van der Waals surface area contributed by atoms with Gasteiger partial charge in [0.2, 0.25) is 0 Å². The first-order chi connectivity index (χ1) is 10.0. The molecule has 0 bridgehead atoms. The highest BCUT2D eigenvalue weighted by Gasteiger charge is 2.12. The average Bonchev–Trinajstić information content (AvgIpc) is 2.49. The third kappa shape index (κ3) is 3.09. The topological polar surface area (TPSA) is 20.2 Å². The fourth-order valence-electron chi connectivity index (χ4n) is 2.28. The minimum Gasteiger partial charge on any atom is -0.384 e. The maximum Gasteiger partial charge on any atom is 0.104 e. The molecule has 3 aromatic rings. The van der Waals surface area contributed by atoms with E-state index in [1.807, 2.05) is 36.4 Å². The van der Waals surface area contributed by atoms with Crippen molar-refractivity contribution >= 4 is 49.9 Å². The molecule has 3 rings (SSSR count). The summed E-state index contributed by atoms with van der Waals surface area (Å²) in [6, 6.07) is 17.1. The number of fused-ring (bicyclic) bond motifs is 1. The zero-order chi connectivity index (χ0) is 15.0. The molecule has 106 valence electrons. The van der Waals surface area contributed by atoms with E-state index in [9.17, 15) is 5.11 Å². The Kier molecular flexibility index (Phi) is 4.23. The van der Waals surface area contributed by atoms with E-state index in [-0.39, 0.29) is 0 Å². The zero-order valence-corrected chi connectivity index (χ0v) is 14.0. The lowest BCUT2D eigenvalue weighted by molar-refractivity contribution is 0.220. The highest BCUT2D eigenvalue weighted by atomic mass is 79.9. The number of aliphatic hydroxyl groups is 1. The lowest BCUT2D eigenvalue weighted by Gasteiger charge is -2.13. The first kappa shape index (κ1) is 14.9. The van der Waals surface area contributed by atoms with Crippen molar-refractivity contribution in [2.45, 2.75) is 6.10 Å². The molecule has 0 fully saturated rings. The fraction of sp³-hybridized carbons (Fsp3) is 0.0588. The van der Waals surface area contributed by atoms with Crippen LogP contribution in [0.1, 0.15) is 17.2 Å². The maximum absolute atomic E-state index is 10.5. The van der Waals surface area contributed by atoms with Gasteiger partial charge in [-0.2, -0.15) is 0 Å². The van der Waals surface area contributed by atoms with Gasteiger partial charge in [0.15, 0.2) is 0 Å². The average molecular weight is 382 g/mol. The Hall–Kier alpha value is -1.06. The second kappa shape index (κ2) is 5.98. The predicted molar refractivity (Wildman–Crippen MR) is 92.2 cm³/mol. The van der Waals surface area contributed by atoms with Crippen LogP contribution in [-0.4, -0.2) is 5.11 Å². The van der Waals surface area contributed by atoms with Gasteiger partial charge in [-0.05, 0) is 52.2 Å². The van der Waals surface area contributed by atoms with Gasteiger partial charge in [-0.15, -0.1) is 0 Å². The zero-order valence-electron chi connectivity index (χ0n) is 10.9. The molecule has 0 aliphatic rings. The van der Waals surface area contributed by atoms with Crippen LogP contribution in [0.2, 0.25) is 10.0 Å². The van der Waals surface area contributed by atoms with Crippen LogP contribution in [0.5, 0.6) is 0 Å². The second-order valence-corrected chi connectivity index (χ2v) is 6.56. The van der Waals surface area contributed by atoms with Gasteiger partial charge in [-0.1, -0.05) is 63.4 Å². The molecule has 0 aliphatic carbocycles. The summed E-state index contributed by atoms with van der Waals surface area (Å²) in [5, 5.41) is 13.6. The normalized spacial score (nSPS) is 12.6. The van der Waals surface area contributed by atoms with E-state index in [0.29, 0.717) is 10.0 Å². The Morgan fingerprint density at radius 3 is 2.14 bits per heavy atom. The molecule has 1 nitrogen and oxygen atoms in total. The van der Waals surface area contributed by atoms with Gasteiger partial charge in [0.25, 0.3) is 0 Å². The first-order valence-corrected chi connectivity index (χ1v) is 7.92. The summed E-state index contributed by atoms with van der Waals surface area (Å²) in [7, 11) is 0. The number of hydrogen-bond donors (Lipinski definition) is 1. The van der Waals surface area contributed by atoms with E-state index in [4.69, 9.17) is 23.2 Å². The standard InChI is InChI=1S/C17H11BrCl2O/c18-14-5-3-10-7-12(2-1-11(10)8-14)17(21)13-4-6-15(19)16(20)9-13/h1-9,17,21H. The van der Waals surface area contributed by atoms with Gasteiger partial charge < -0.3 is 5.11 Å². The van der Waals surface area contributed by atoms with E-state index in [1.54, 1.807) is 18.2 Å². The Morgan fingerprint density at radius 2 is 1.38 bits per heavy atom. The summed E-state index contributed by atoms with van der Waals surface area (Å²) in [6.45, 7) is 0. The van der Waals surface area contributed by atoms with Crippen molar-refractivity contribution < 1.29 is 5.11 Å². The Balaban J connectivity index is 2.02. The van der Waals surface area contributed by atoms with Crippen molar-refractivity contribution in [3.63, 3.8) is 0 Å². The largest absolute Gasteiger partial charge is 0.384 e. The van der Waals surface area contributed by atoms with Crippen molar-refractivity contribution in [1.29, 1.82) is 0 Å². The smallest absolute Gasteiger partial charge is 0.104 e. The molecular weight excluding hydrogens is 371 g/mol. The van der Waals surface area contributed by atoms with Crippen LogP contribution in [0.15, 0.2) is 59.1 Å². The van der Waals surface area contributed by atoms with Gasteiger partial charge in [0.1, 0.15) is 6.10 Å². The first-order valence-electron chi connectivity index (χ1n) is 6.37. The maximum atomic E-state index is 10.5.